The van der Waals surface area contributed by atoms with Gasteiger partial charge in [-0.25, -0.2) is 4.79 Å². The fourth-order valence-electron chi connectivity index (χ4n) is 2.01. The molecule has 2 amide bonds. The van der Waals surface area contributed by atoms with Gasteiger partial charge in [0, 0.05) is 20.2 Å². The lowest BCUT2D eigenvalue weighted by atomic mass is 10.1. The zero-order valence-corrected chi connectivity index (χ0v) is 11.0. The number of ether oxygens (including phenoxy) is 1. The zero-order chi connectivity index (χ0) is 13.5. The predicted molar refractivity (Wildman–Crippen MR) is 66.5 cm³/mol. The molecule has 1 saturated heterocycles. The van der Waals surface area contributed by atoms with E-state index in [1.165, 1.54) is 4.90 Å². The van der Waals surface area contributed by atoms with Crippen molar-refractivity contribution in [1.82, 2.24) is 10.2 Å². The van der Waals surface area contributed by atoms with E-state index in [1.807, 2.05) is 6.92 Å². The first kappa shape index (κ1) is 14.8. The van der Waals surface area contributed by atoms with Crippen molar-refractivity contribution in [1.29, 1.82) is 0 Å². The summed E-state index contributed by atoms with van der Waals surface area (Å²) < 4.78 is 5.56. The van der Waals surface area contributed by atoms with Crippen molar-refractivity contribution in [2.75, 3.05) is 20.2 Å². The normalized spacial score (nSPS) is 20.4. The average molecular weight is 258 g/mol. The van der Waals surface area contributed by atoms with Gasteiger partial charge in [-0.05, 0) is 19.3 Å². The van der Waals surface area contributed by atoms with E-state index in [4.69, 9.17) is 9.84 Å². The molecule has 6 heteroatoms. The summed E-state index contributed by atoms with van der Waals surface area (Å²) in [5, 5.41) is 11.5. The summed E-state index contributed by atoms with van der Waals surface area (Å²) in [4.78, 5) is 23.7. The minimum atomic E-state index is -0.902. The van der Waals surface area contributed by atoms with Gasteiger partial charge in [0.05, 0.1) is 18.6 Å². The molecule has 0 aromatic carbocycles. The van der Waals surface area contributed by atoms with Gasteiger partial charge in [0.1, 0.15) is 0 Å². The van der Waals surface area contributed by atoms with E-state index in [9.17, 15) is 9.59 Å². The largest absolute Gasteiger partial charge is 0.481 e. The van der Waals surface area contributed by atoms with Crippen LogP contribution in [0.5, 0.6) is 0 Å². The molecule has 0 saturated carbocycles. The third-order valence-corrected chi connectivity index (χ3v) is 3.17. The van der Waals surface area contributed by atoms with Gasteiger partial charge in [0.2, 0.25) is 0 Å². The molecule has 0 spiro atoms. The van der Waals surface area contributed by atoms with Crippen LogP contribution in [0, 0.1) is 0 Å². The second-order valence-electron chi connectivity index (χ2n) is 4.58. The molecule has 1 heterocycles. The number of carboxylic acid groups (broad SMARTS) is 1. The Morgan fingerprint density at radius 3 is 2.78 bits per heavy atom. The van der Waals surface area contributed by atoms with Gasteiger partial charge in [-0.3, -0.25) is 4.79 Å². The van der Waals surface area contributed by atoms with Crippen molar-refractivity contribution in [3.8, 4) is 0 Å². The first-order valence-corrected chi connectivity index (χ1v) is 6.39. The minimum Gasteiger partial charge on any atom is -0.481 e. The highest BCUT2D eigenvalue weighted by molar-refractivity contribution is 5.75. The minimum absolute atomic E-state index is 0.00674. The fourth-order valence-corrected chi connectivity index (χ4v) is 2.01. The summed E-state index contributed by atoms with van der Waals surface area (Å²) in [5.41, 5.74) is 0. The maximum Gasteiger partial charge on any atom is 0.317 e. The van der Waals surface area contributed by atoms with Crippen LogP contribution in [0.3, 0.4) is 0 Å². The molecule has 0 radical (unpaired) electrons. The Labute approximate surface area is 107 Å². The predicted octanol–water partition coefficient (Wildman–Crippen LogP) is 1.06. The molecular weight excluding hydrogens is 236 g/mol. The number of rotatable bonds is 6. The highest BCUT2D eigenvalue weighted by atomic mass is 16.5. The lowest BCUT2D eigenvalue weighted by Crippen LogP contribution is -2.48. The molecule has 2 unspecified atom stereocenters. The lowest BCUT2D eigenvalue weighted by molar-refractivity contribution is -0.137. The molecular formula is C12H22N2O4. The molecule has 0 aromatic heterocycles. The Morgan fingerprint density at radius 1 is 1.56 bits per heavy atom. The van der Waals surface area contributed by atoms with Crippen molar-refractivity contribution < 1.29 is 19.4 Å². The quantitative estimate of drug-likeness (QED) is 0.746. The Hall–Kier alpha value is -1.30. The smallest absolute Gasteiger partial charge is 0.317 e. The molecule has 1 fully saturated rings. The van der Waals surface area contributed by atoms with Crippen molar-refractivity contribution >= 4 is 12.0 Å². The van der Waals surface area contributed by atoms with Gasteiger partial charge in [-0.15, -0.1) is 0 Å². The van der Waals surface area contributed by atoms with Gasteiger partial charge >= 0.3 is 12.0 Å². The van der Waals surface area contributed by atoms with E-state index in [-0.39, 0.29) is 31.1 Å². The van der Waals surface area contributed by atoms with Crippen LogP contribution in [0.4, 0.5) is 4.79 Å². The van der Waals surface area contributed by atoms with Crippen LogP contribution in [0.1, 0.15) is 32.6 Å². The van der Waals surface area contributed by atoms with Crippen LogP contribution >= 0.6 is 0 Å². The molecule has 1 aliphatic rings. The third-order valence-electron chi connectivity index (χ3n) is 3.17. The van der Waals surface area contributed by atoms with E-state index >= 15 is 0 Å². The summed E-state index contributed by atoms with van der Waals surface area (Å²) in [6.07, 6.45) is 2.86. The van der Waals surface area contributed by atoms with Crippen molar-refractivity contribution in [2.45, 2.75) is 44.8 Å². The van der Waals surface area contributed by atoms with Crippen LogP contribution in [-0.4, -0.2) is 54.4 Å². The number of hydrogen-bond acceptors (Lipinski definition) is 3. The number of aliphatic carboxylic acids is 1. The van der Waals surface area contributed by atoms with Crippen LogP contribution in [0.15, 0.2) is 0 Å². The fraction of sp³-hybridized carbons (Fsp3) is 0.833. The van der Waals surface area contributed by atoms with Gasteiger partial charge in [0.25, 0.3) is 0 Å². The Bertz CT molecular complexity index is 290. The summed E-state index contributed by atoms with van der Waals surface area (Å²) in [7, 11) is 1.60. The van der Waals surface area contributed by atoms with E-state index < -0.39 is 5.97 Å². The molecule has 1 aliphatic heterocycles. The molecule has 0 bridgehead atoms. The van der Waals surface area contributed by atoms with Crippen LogP contribution in [0.2, 0.25) is 0 Å². The topological polar surface area (TPSA) is 78.9 Å². The first-order chi connectivity index (χ1) is 8.54. The summed E-state index contributed by atoms with van der Waals surface area (Å²) in [5.74, 6) is -0.902. The summed E-state index contributed by atoms with van der Waals surface area (Å²) >= 11 is 0. The van der Waals surface area contributed by atoms with E-state index in [1.54, 1.807) is 7.05 Å². The number of nitrogens with one attached hydrogen (secondary N) is 1. The second-order valence-corrected chi connectivity index (χ2v) is 4.58. The monoisotopic (exact) mass is 258 g/mol. The maximum atomic E-state index is 11.8. The van der Waals surface area contributed by atoms with Gasteiger partial charge < -0.3 is 20.1 Å². The highest BCUT2D eigenvalue weighted by Crippen LogP contribution is 2.17. The van der Waals surface area contributed by atoms with Crippen molar-refractivity contribution in [3.05, 3.63) is 0 Å². The molecule has 0 aliphatic carbocycles. The third kappa shape index (κ3) is 4.52. The number of carboxylic acids is 1. The van der Waals surface area contributed by atoms with Crippen LogP contribution < -0.4 is 5.32 Å². The Balaban J connectivity index is 2.38. The van der Waals surface area contributed by atoms with Gasteiger partial charge in [0.15, 0.2) is 0 Å². The number of urea groups is 1. The number of nitrogens with zero attached hydrogens (tertiary/aromatic N) is 1. The van der Waals surface area contributed by atoms with Gasteiger partial charge in [-0.1, -0.05) is 6.92 Å². The summed E-state index contributed by atoms with van der Waals surface area (Å²) in [6.45, 7) is 2.97. The zero-order valence-electron chi connectivity index (χ0n) is 11.0. The first-order valence-electron chi connectivity index (χ1n) is 6.39. The van der Waals surface area contributed by atoms with E-state index in [0.717, 1.165) is 25.9 Å². The van der Waals surface area contributed by atoms with Crippen LogP contribution in [-0.2, 0) is 9.53 Å². The lowest BCUT2D eigenvalue weighted by Gasteiger charge is -2.26. The number of carbonyl (C=O) groups is 2. The van der Waals surface area contributed by atoms with Crippen LogP contribution in [0.25, 0.3) is 0 Å². The molecule has 2 atom stereocenters. The molecule has 6 nitrogen and oxygen atoms in total. The molecule has 18 heavy (non-hydrogen) atoms. The standard InChI is InChI=1S/C12H22N2O4/c1-3-9(10-5-4-8-18-10)13-12(17)14(2)7-6-11(15)16/h9-10H,3-8H2,1-2H3,(H,13,17)(H,15,16). The number of amides is 2. The molecule has 104 valence electrons. The van der Waals surface area contributed by atoms with E-state index in [2.05, 4.69) is 5.32 Å². The maximum absolute atomic E-state index is 11.8. The number of carbonyl (C=O) groups excluding carboxylic acids is 1. The number of hydrogen-bond donors (Lipinski definition) is 2. The van der Waals surface area contributed by atoms with Gasteiger partial charge in [-0.2, -0.15) is 0 Å². The SMILES string of the molecule is CCC(NC(=O)N(C)CCC(=O)O)C1CCCO1. The second kappa shape index (κ2) is 7.20. The highest BCUT2D eigenvalue weighted by Gasteiger charge is 2.26. The molecule has 1 rings (SSSR count). The van der Waals surface area contributed by atoms with Crippen molar-refractivity contribution in [2.24, 2.45) is 0 Å². The molecule has 2 N–H and O–H groups in total. The molecule has 0 aromatic rings. The average Bonchev–Trinajstić information content (AvgIpc) is 2.86. The Kier molecular flexibility index (Phi) is 5.91. The van der Waals surface area contributed by atoms with Crippen molar-refractivity contribution in [3.63, 3.8) is 0 Å². The van der Waals surface area contributed by atoms with E-state index in [0.29, 0.717) is 0 Å². The Morgan fingerprint density at radius 2 is 2.28 bits per heavy atom. The summed E-state index contributed by atoms with van der Waals surface area (Å²) in [6, 6.07) is -0.231.